The molecule has 0 aromatic heterocycles. The van der Waals surface area contributed by atoms with Crippen molar-refractivity contribution in [1.82, 2.24) is 4.90 Å². The summed E-state index contributed by atoms with van der Waals surface area (Å²) in [5, 5.41) is 8.54. The molecule has 0 bridgehead atoms. The minimum atomic E-state index is -0.120. The third-order valence-electron chi connectivity index (χ3n) is 3.28. The summed E-state index contributed by atoms with van der Waals surface area (Å²) in [5.74, 6) is 0.626. The number of carbonyl (C=O) groups excluding carboxylic acids is 1. The second kappa shape index (κ2) is 7.12. The van der Waals surface area contributed by atoms with E-state index in [1.807, 2.05) is 25.1 Å². The van der Waals surface area contributed by atoms with Crippen LogP contribution in [0.2, 0.25) is 0 Å². The van der Waals surface area contributed by atoms with Gasteiger partial charge in [0.1, 0.15) is 5.75 Å². The van der Waals surface area contributed by atoms with Crippen LogP contribution in [0.15, 0.2) is 18.2 Å². The van der Waals surface area contributed by atoms with Crippen molar-refractivity contribution in [1.29, 1.82) is 5.26 Å². The summed E-state index contributed by atoms with van der Waals surface area (Å²) < 4.78 is 5.71. The Labute approximate surface area is 127 Å². The van der Waals surface area contributed by atoms with Crippen LogP contribution in [-0.2, 0) is 10.2 Å². The highest BCUT2D eigenvalue weighted by atomic mass is 16.5. The molecule has 0 spiro atoms. The maximum atomic E-state index is 11.9. The molecule has 1 amide bonds. The van der Waals surface area contributed by atoms with Gasteiger partial charge in [-0.1, -0.05) is 38.5 Å². The summed E-state index contributed by atoms with van der Waals surface area (Å²) in [6.07, 6.45) is 0.333. The van der Waals surface area contributed by atoms with Gasteiger partial charge in [0, 0.05) is 13.6 Å². The van der Waals surface area contributed by atoms with E-state index in [0.29, 0.717) is 13.0 Å². The number of aryl methyl sites for hydroxylation is 1. The molecule has 0 N–H and O–H groups in total. The van der Waals surface area contributed by atoms with Crippen molar-refractivity contribution >= 4 is 5.91 Å². The number of ether oxygens (including phenoxy) is 1. The molecule has 1 aromatic carbocycles. The van der Waals surface area contributed by atoms with Gasteiger partial charge in [-0.15, -0.1) is 0 Å². The van der Waals surface area contributed by atoms with E-state index in [1.54, 1.807) is 7.05 Å². The van der Waals surface area contributed by atoms with Crippen LogP contribution in [0, 0.1) is 18.3 Å². The quantitative estimate of drug-likeness (QED) is 0.836. The number of hydrogen-bond acceptors (Lipinski definition) is 3. The van der Waals surface area contributed by atoms with E-state index in [4.69, 9.17) is 10.00 Å². The van der Waals surface area contributed by atoms with Gasteiger partial charge in [-0.25, -0.2) is 0 Å². The monoisotopic (exact) mass is 288 g/mol. The molecule has 21 heavy (non-hydrogen) atoms. The van der Waals surface area contributed by atoms with Crippen molar-refractivity contribution in [3.8, 4) is 11.8 Å². The van der Waals surface area contributed by atoms with E-state index in [2.05, 4.69) is 26.8 Å². The SMILES string of the molecule is Cc1ccc(OCC(=O)N(C)CCC#N)c(C(C)(C)C)c1. The summed E-state index contributed by atoms with van der Waals surface area (Å²) in [6, 6.07) is 8.02. The fourth-order valence-corrected chi connectivity index (χ4v) is 1.95. The van der Waals surface area contributed by atoms with Crippen LogP contribution >= 0.6 is 0 Å². The maximum absolute atomic E-state index is 11.9. The summed E-state index contributed by atoms with van der Waals surface area (Å²) in [5.41, 5.74) is 2.22. The number of carbonyl (C=O) groups is 1. The number of benzene rings is 1. The third-order valence-corrected chi connectivity index (χ3v) is 3.28. The Morgan fingerprint density at radius 3 is 2.62 bits per heavy atom. The number of hydrogen-bond donors (Lipinski definition) is 0. The van der Waals surface area contributed by atoms with Crippen LogP contribution in [0.3, 0.4) is 0 Å². The number of likely N-dealkylation sites (N-methyl/N-ethyl adjacent to an activating group) is 1. The van der Waals surface area contributed by atoms with Crippen LogP contribution in [0.25, 0.3) is 0 Å². The zero-order valence-electron chi connectivity index (χ0n) is 13.6. The summed E-state index contributed by atoms with van der Waals surface area (Å²) >= 11 is 0. The highest BCUT2D eigenvalue weighted by Gasteiger charge is 2.20. The lowest BCUT2D eigenvalue weighted by atomic mass is 9.85. The van der Waals surface area contributed by atoms with E-state index in [0.717, 1.165) is 11.3 Å². The minimum Gasteiger partial charge on any atom is -0.483 e. The van der Waals surface area contributed by atoms with Gasteiger partial charge in [-0.3, -0.25) is 4.79 Å². The molecule has 0 saturated carbocycles. The Kier molecular flexibility index (Phi) is 5.78. The molecule has 0 saturated heterocycles. The lowest BCUT2D eigenvalue weighted by molar-refractivity contribution is -0.132. The molecule has 1 rings (SSSR count). The molecule has 0 heterocycles. The van der Waals surface area contributed by atoms with Crippen molar-refractivity contribution in [3.63, 3.8) is 0 Å². The number of nitrogens with zero attached hydrogens (tertiary/aromatic N) is 2. The van der Waals surface area contributed by atoms with Gasteiger partial charge in [0.15, 0.2) is 6.61 Å². The van der Waals surface area contributed by atoms with Crippen LogP contribution < -0.4 is 4.74 Å². The van der Waals surface area contributed by atoms with Crippen molar-refractivity contribution in [2.45, 2.75) is 39.5 Å². The Morgan fingerprint density at radius 2 is 2.05 bits per heavy atom. The highest BCUT2D eigenvalue weighted by molar-refractivity contribution is 5.77. The van der Waals surface area contributed by atoms with Gasteiger partial charge in [-0.2, -0.15) is 5.26 Å². The predicted octanol–water partition coefficient (Wildman–Crippen LogP) is 3.04. The smallest absolute Gasteiger partial charge is 0.260 e. The molecule has 0 fully saturated rings. The largest absolute Gasteiger partial charge is 0.483 e. The average molecular weight is 288 g/mol. The normalized spacial score (nSPS) is 10.9. The molecule has 4 nitrogen and oxygen atoms in total. The van der Waals surface area contributed by atoms with E-state index in [-0.39, 0.29) is 17.9 Å². The minimum absolute atomic E-state index is 0.00588. The second-order valence-electron chi connectivity index (χ2n) is 6.26. The number of rotatable bonds is 5. The molecule has 4 heteroatoms. The Bertz CT molecular complexity index is 539. The third kappa shape index (κ3) is 5.11. The van der Waals surface area contributed by atoms with Crippen LogP contribution in [0.4, 0.5) is 0 Å². The zero-order chi connectivity index (χ0) is 16.0. The number of amides is 1. The van der Waals surface area contributed by atoms with E-state index < -0.39 is 0 Å². The highest BCUT2D eigenvalue weighted by Crippen LogP contribution is 2.32. The van der Waals surface area contributed by atoms with Crippen LogP contribution in [0.5, 0.6) is 5.75 Å². The number of nitriles is 1. The first-order chi connectivity index (χ1) is 9.75. The van der Waals surface area contributed by atoms with Gasteiger partial charge in [-0.05, 0) is 24.0 Å². The molecular formula is C17H24N2O2. The predicted molar refractivity (Wildman–Crippen MR) is 83.2 cm³/mol. The molecule has 114 valence electrons. The van der Waals surface area contributed by atoms with Crippen LogP contribution in [-0.4, -0.2) is 31.0 Å². The molecule has 0 aliphatic carbocycles. The molecule has 0 atom stereocenters. The second-order valence-corrected chi connectivity index (χ2v) is 6.26. The Morgan fingerprint density at radius 1 is 1.38 bits per heavy atom. The van der Waals surface area contributed by atoms with Gasteiger partial charge in [0.2, 0.25) is 0 Å². The van der Waals surface area contributed by atoms with E-state index in [9.17, 15) is 4.79 Å². The molecule has 0 aliphatic rings. The first-order valence-electron chi connectivity index (χ1n) is 7.10. The van der Waals surface area contributed by atoms with Crippen LogP contribution in [0.1, 0.15) is 38.3 Å². The molecule has 1 aromatic rings. The maximum Gasteiger partial charge on any atom is 0.260 e. The fourth-order valence-electron chi connectivity index (χ4n) is 1.95. The summed E-state index contributed by atoms with van der Waals surface area (Å²) in [7, 11) is 1.68. The summed E-state index contributed by atoms with van der Waals surface area (Å²) in [6.45, 7) is 8.83. The standard InChI is InChI=1S/C17H24N2O2/c1-13-7-8-15(14(11-13)17(2,3)4)21-12-16(20)19(5)10-6-9-18/h7-8,11H,6,10,12H2,1-5H3. The van der Waals surface area contributed by atoms with Crippen molar-refractivity contribution in [3.05, 3.63) is 29.3 Å². The summed E-state index contributed by atoms with van der Waals surface area (Å²) in [4.78, 5) is 13.5. The molecule has 0 aliphatic heterocycles. The van der Waals surface area contributed by atoms with Crippen molar-refractivity contribution < 1.29 is 9.53 Å². The fraction of sp³-hybridized carbons (Fsp3) is 0.529. The zero-order valence-corrected chi connectivity index (χ0v) is 13.6. The Balaban J connectivity index is 2.76. The van der Waals surface area contributed by atoms with E-state index >= 15 is 0 Å². The van der Waals surface area contributed by atoms with Gasteiger partial charge in [0.25, 0.3) is 5.91 Å². The first-order valence-corrected chi connectivity index (χ1v) is 7.10. The van der Waals surface area contributed by atoms with Crippen molar-refractivity contribution in [2.24, 2.45) is 0 Å². The van der Waals surface area contributed by atoms with Crippen molar-refractivity contribution in [2.75, 3.05) is 20.2 Å². The molecule has 0 radical (unpaired) electrons. The molecule has 0 unspecified atom stereocenters. The topological polar surface area (TPSA) is 53.3 Å². The van der Waals surface area contributed by atoms with Gasteiger partial charge >= 0.3 is 0 Å². The average Bonchev–Trinajstić information content (AvgIpc) is 2.41. The van der Waals surface area contributed by atoms with Gasteiger partial charge < -0.3 is 9.64 Å². The van der Waals surface area contributed by atoms with Gasteiger partial charge in [0.05, 0.1) is 12.5 Å². The lowest BCUT2D eigenvalue weighted by Crippen LogP contribution is -2.32. The molecular weight excluding hydrogens is 264 g/mol. The Hall–Kier alpha value is -2.02. The van der Waals surface area contributed by atoms with E-state index in [1.165, 1.54) is 10.5 Å². The first kappa shape index (κ1) is 17.0. The lowest BCUT2D eigenvalue weighted by Gasteiger charge is -2.24.